The lowest BCUT2D eigenvalue weighted by atomic mass is 10.1. The topological polar surface area (TPSA) is 40.1 Å². The molecule has 2 rings (SSSR count). The molecule has 0 saturated heterocycles. The number of rotatable bonds is 1. The van der Waals surface area contributed by atoms with Gasteiger partial charge < -0.3 is 4.55 Å². The van der Waals surface area contributed by atoms with E-state index in [2.05, 4.69) is 0 Å². The van der Waals surface area contributed by atoms with Gasteiger partial charge in [0.05, 0.1) is 4.90 Å². The summed E-state index contributed by atoms with van der Waals surface area (Å²) >= 11 is -2.52. The summed E-state index contributed by atoms with van der Waals surface area (Å²) in [6.45, 7) is 0. The Morgan fingerprint density at radius 3 is 2.29 bits per heavy atom. The molecule has 0 fully saturated rings. The molecule has 0 N–H and O–H groups in total. The van der Waals surface area contributed by atoms with Crippen molar-refractivity contribution in [1.82, 2.24) is 0 Å². The summed E-state index contributed by atoms with van der Waals surface area (Å²) in [7, 11) is 0. The molecule has 0 aliphatic carbocycles. The van der Waals surface area contributed by atoms with Gasteiger partial charge in [-0.3, -0.25) is 4.21 Å². The van der Waals surface area contributed by atoms with E-state index >= 15 is 0 Å². The first-order chi connectivity index (χ1) is 6.68. The van der Waals surface area contributed by atoms with Crippen LogP contribution in [0.15, 0.2) is 41.3 Å². The van der Waals surface area contributed by atoms with Gasteiger partial charge in [-0.1, -0.05) is 24.3 Å². The van der Waals surface area contributed by atoms with Crippen molar-refractivity contribution in [3.63, 3.8) is 0 Å². The smallest absolute Gasteiger partial charge is 0.138 e. The molecule has 2 aromatic rings. The fourth-order valence-electron chi connectivity index (χ4n) is 1.32. The molecule has 72 valence electrons. The molecule has 0 aliphatic heterocycles. The standard InChI is InChI=1S/C10H7FO2S/c11-9-5-7-3-1-2-4-8(7)6-10(9)14(12)13/h1-6H,(H,12,13)/p-1. The van der Waals surface area contributed by atoms with E-state index in [-0.39, 0.29) is 4.90 Å². The van der Waals surface area contributed by atoms with Crippen LogP contribution in [0.2, 0.25) is 0 Å². The van der Waals surface area contributed by atoms with Gasteiger partial charge in [0.2, 0.25) is 0 Å². The SMILES string of the molecule is O=S([O-])c1cc2ccccc2cc1F. The van der Waals surface area contributed by atoms with Gasteiger partial charge >= 0.3 is 0 Å². The third-order valence-electron chi connectivity index (χ3n) is 1.98. The van der Waals surface area contributed by atoms with Crippen LogP contribution in [0.25, 0.3) is 10.8 Å². The highest BCUT2D eigenvalue weighted by Gasteiger charge is 2.04. The molecule has 0 amide bonds. The maximum atomic E-state index is 13.2. The summed E-state index contributed by atoms with van der Waals surface area (Å²) in [5, 5.41) is 1.41. The van der Waals surface area contributed by atoms with Crippen LogP contribution in [0.4, 0.5) is 4.39 Å². The Hall–Kier alpha value is -1.26. The van der Waals surface area contributed by atoms with Crippen molar-refractivity contribution >= 4 is 21.9 Å². The van der Waals surface area contributed by atoms with E-state index in [9.17, 15) is 13.2 Å². The maximum absolute atomic E-state index is 13.2. The van der Waals surface area contributed by atoms with Gasteiger partial charge in [-0.15, -0.1) is 0 Å². The van der Waals surface area contributed by atoms with Crippen molar-refractivity contribution in [3.05, 3.63) is 42.2 Å². The Labute approximate surface area is 82.7 Å². The van der Waals surface area contributed by atoms with Crippen LogP contribution in [0.3, 0.4) is 0 Å². The number of benzene rings is 2. The van der Waals surface area contributed by atoms with E-state index in [1.54, 1.807) is 24.3 Å². The van der Waals surface area contributed by atoms with Crippen molar-refractivity contribution in [3.8, 4) is 0 Å². The van der Waals surface area contributed by atoms with Crippen molar-refractivity contribution in [2.24, 2.45) is 0 Å². The fraction of sp³-hybridized carbons (Fsp3) is 0. The minimum absolute atomic E-state index is 0.288. The van der Waals surface area contributed by atoms with Gasteiger partial charge in [-0.2, -0.15) is 0 Å². The predicted octanol–water partition coefficient (Wildman–Crippen LogP) is 2.22. The Morgan fingerprint density at radius 2 is 1.71 bits per heavy atom. The molecule has 2 nitrogen and oxygen atoms in total. The van der Waals surface area contributed by atoms with Gasteiger partial charge in [0.25, 0.3) is 0 Å². The third kappa shape index (κ3) is 1.54. The van der Waals surface area contributed by atoms with Crippen molar-refractivity contribution in [1.29, 1.82) is 0 Å². The van der Waals surface area contributed by atoms with E-state index in [0.717, 1.165) is 0 Å². The summed E-state index contributed by atoms with van der Waals surface area (Å²) in [6.07, 6.45) is 0. The van der Waals surface area contributed by atoms with Gasteiger partial charge in [0, 0.05) is 0 Å². The molecule has 0 aromatic heterocycles. The molecule has 0 spiro atoms. The first-order valence-electron chi connectivity index (χ1n) is 3.96. The van der Waals surface area contributed by atoms with E-state index in [1.807, 2.05) is 0 Å². The molecule has 0 bridgehead atoms. The molecular weight excluding hydrogens is 203 g/mol. The zero-order valence-corrected chi connectivity index (χ0v) is 7.88. The van der Waals surface area contributed by atoms with Gasteiger partial charge in [0.1, 0.15) is 5.82 Å². The van der Waals surface area contributed by atoms with E-state index in [4.69, 9.17) is 0 Å². The third-order valence-corrected chi connectivity index (χ3v) is 2.65. The molecule has 4 heteroatoms. The Balaban J connectivity index is 2.77. The average molecular weight is 209 g/mol. The Kier molecular flexibility index (Phi) is 2.31. The quantitative estimate of drug-likeness (QED) is 0.675. The van der Waals surface area contributed by atoms with Crippen molar-refractivity contribution < 1.29 is 13.2 Å². The minimum atomic E-state index is -2.52. The predicted molar refractivity (Wildman–Crippen MR) is 51.1 cm³/mol. The van der Waals surface area contributed by atoms with Crippen molar-refractivity contribution in [2.75, 3.05) is 0 Å². The monoisotopic (exact) mass is 209 g/mol. The molecule has 1 unspecified atom stereocenters. The first kappa shape index (κ1) is 9.30. The summed E-state index contributed by atoms with van der Waals surface area (Å²) < 4.78 is 34.4. The van der Waals surface area contributed by atoms with Crippen LogP contribution in [-0.4, -0.2) is 8.76 Å². The summed E-state index contributed by atoms with van der Waals surface area (Å²) in [5.41, 5.74) is 0. The lowest BCUT2D eigenvalue weighted by Gasteiger charge is -2.07. The molecule has 1 atom stereocenters. The van der Waals surface area contributed by atoms with Gasteiger partial charge in [0.15, 0.2) is 0 Å². The molecule has 0 heterocycles. The van der Waals surface area contributed by atoms with Gasteiger partial charge in [-0.05, 0) is 34.0 Å². The molecule has 0 aliphatic rings. The molecule has 14 heavy (non-hydrogen) atoms. The van der Waals surface area contributed by atoms with Crippen molar-refractivity contribution in [2.45, 2.75) is 4.90 Å². The van der Waals surface area contributed by atoms with Crippen LogP contribution in [0.1, 0.15) is 0 Å². The zero-order valence-electron chi connectivity index (χ0n) is 7.07. The van der Waals surface area contributed by atoms with E-state index in [0.29, 0.717) is 10.8 Å². The molecule has 2 aromatic carbocycles. The summed E-state index contributed by atoms with van der Waals surface area (Å²) in [5.74, 6) is -0.711. The second kappa shape index (κ2) is 3.48. The Bertz CT molecular complexity index is 510. The molecule has 0 saturated carbocycles. The number of fused-ring (bicyclic) bond motifs is 1. The van der Waals surface area contributed by atoms with Crippen LogP contribution in [-0.2, 0) is 11.1 Å². The lowest BCUT2D eigenvalue weighted by molar-refractivity contribution is 0.524. The van der Waals surface area contributed by atoms with E-state index < -0.39 is 16.9 Å². The second-order valence-corrected chi connectivity index (χ2v) is 3.77. The second-order valence-electron chi connectivity index (χ2n) is 2.86. The average Bonchev–Trinajstić information content (AvgIpc) is 2.16. The minimum Gasteiger partial charge on any atom is -0.768 e. The Morgan fingerprint density at radius 1 is 1.14 bits per heavy atom. The largest absolute Gasteiger partial charge is 0.768 e. The summed E-state index contributed by atoms with van der Waals surface area (Å²) in [6, 6.07) is 9.57. The first-order valence-corrected chi connectivity index (χ1v) is 5.03. The van der Waals surface area contributed by atoms with Crippen LogP contribution in [0, 0.1) is 5.82 Å². The normalized spacial score (nSPS) is 13.0. The highest BCUT2D eigenvalue weighted by molar-refractivity contribution is 7.79. The highest BCUT2D eigenvalue weighted by Crippen LogP contribution is 2.20. The molecular formula is C10H6FO2S-. The fourth-order valence-corrected chi connectivity index (χ4v) is 1.76. The number of hydrogen-bond donors (Lipinski definition) is 0. The summed E-state index contributed by atoms with van der Waals surface area (Å²) in [4.78, 5) is -0.288. The zero-order chi connectivity index (χ0) is 10.1. The van der Waals surface area contributed by atoms with Crippen LogP contribution < -0.4 is 0 Å². The number of hydrogen-bond acceptors (Lipinski definition) is 2. The van der Waals surface area contributed by atoms with Gasteiger partial charge in [-0.25, -0.2) is 4.39 Å². The highest BCUT2D eigenvalue weighted by atomic mass is 32.2. The maximum Gasteiger partial charge on any atom is 0.138 e. The van der Waals surface area contributed by atoms with Crippen LogP contribution in [0.5, 0.6) is 0 Å². The van der Waals surface area contributed by atoms with E-state index in [1.165, 1.54) is 12.1 Å². The lowest BCUT2D eigenvalue weighted by Crippen LogP contribution is -1.93. The van der Waals surface area contributed by atoms with Crippen LogP contribution >= 0.6 is 0 Å². The number of halogens is 1. The molecule has 0 radical (unpaired) electrons.